The summed E-state index contributed by atoms with van der Waals surface area (Å²) in [5.74, 6) is 0.762. The molecule has 1 aromatic rings. The Balaban J connectivity index is 2.41. The molecule has 0 saturated carbocycles. The van der Waals surface area contributed by atoms with Crippen LogP contribution in [0.4, 0.5) is 0 Å². The molecule has 0 spiro atoms. The molecule has 100 valence electrons. The molecule has 1 amide bonds. The van der Waals surface area contributed by atoms with Crippen LogP contribution in [-0.4, -0.2) is 29.6 Å². The second-order valence-electron chi connectivity index (χ2n) is 4.07. The number of amides is 1. The quantitative estimate of drug-likeness (QED) is 0.699. The number of carbonyl (C=O) groups excluding carboxylic acids is 1. The van der Waals surface area contributed by atoms with Gasteiger partial charge in [-0.05, 0) is 37.6 Å². The molecule has 0 unspecified atom stereocenters. The van der Waals surface area contributed by atoms with E-state index in [2.05, 4.69) is 22.9 Å². The highest BCUT2D eigenvalue weighted by atomic mass is 79.9. The van der Waals surface area contributed by atoms with Crippen LogP contribution in [0.25, 0.3) is 0 Å². The molecule has 0 aliphatic carbocycles. The Morgan fingerprint density at radius 3 is 2.50 bits per heavy atom. The Bertz CT molecular complexity index is 367. The van der Waals surface area contributed by atoms with Crippen molar-refractivity contribution in [1.82, 2.24) is 4.90 Å². The van der Waals surface area contributed by atoms with Crippen LogP contribution in [0, 0.1) is 0 Å². The predicted molar refractivity (Wildman–Crippen MR) is 82.0 cm³/mol. The van der Waals surface area contributed by atoms with E-state index in [9.17, 15) is 4.79 Å². The normalized spacial score (nSPS) is 10.4. The number of carbonyl (C=O) groups is 1. The van der Waals surface area contributed by atoms with Gasteiger partial charge in [-0.2, -0.15) is 0 Å². The summed E-state index contributed by atoms with van der Waals surface area (Å²) < 4.78 is 1.07. The average Bonchev–Trinajstić information content (AvgIpc) is 2.39. The zero-order valence-corrected chi connectivity index (χ0v) is 13.4. The summed E-state index contributed by atoms with van der Waals surface area (Å²) in [7, 11) is 0. The van der Waals surface area contributed by atoms with Gasteiger partial charge >= 0.3 is 0 Å². The van der Waals surface area contributed by atoms with Crippen molar-refractivity contribution in [3.8, 4) is 0 Å². The third-order valence-electron chi connectivity index (χ3n) is 2.69. The molecule has 0 aliphatic heterocycles. The van der Waals surface area contributed by atoms with Crippen molar-refractivity contribution in [2.75, 3.05) is 18.8 Å². The lowest BCUT2D eigenvalue weighted by Gasteiger charge is -2.20. The lowest BCUT2D eigenvalue weighted by atomic mass is 10.3. The van der Waals surface area contributed by atoms with E-state index >= 15 is 0 Å². The second-order valence-corrected chi connectivity index (χ2v) is 6.03. The van der Waals surface area contributed by atoms with Gasteiger partial charge in [0.05, 0.1) is 5.75 Å². The molecule has 2 nitrogen and oxygen atoms in total. The lowest BCUT2D eigenvalue weighted by molar-refractivity contribution is -0.128. The molecule has 1 aromatic carbocycles. The second kappa shape index (κ2) is 8.59. The van der Waals surface area contributed by atoms with Gasteiger partial charge in [0.15, 0.2) is 0 Å². The molecule has 0 heterocycles. The SMILES string of the molecule is CCCCN(CC)C(=O)CSc1ccc(Br)cc1. The van der Waals surface area contributed by atoms with Crippen LogP contribution in [-0.2, 0) is 4.79 Å². The molecular formula is C14H20BrNOS. The zero-order valence-electron chi connectivity index (χ0n) is 11.0. The predicted octanol–water partition coefficient (Wildman–Crippen LogP) is 4.19. The van der Waals surface area contributed by atoms with E-state index < -0.39 is 0 Å². The highest BCUT2D eigenvalue weighted by Crippen LogP contribution is 2.20. The topological polar surface area (TPSA) is 20.3 Å². The third kappa shape index (κ3) is 5.44. The fourth-order valence-electron chi connectivity index (χ4n) is 1.58. The van der Waals surface area contributed by atoms with Crippen LogP contribution >= 0.6 is 27.7 Å². The number of unbranched alkanes of at least 4 members (excludes halogenated alkanes) is 1. The smallest absolute Gasteiger partial charge is 0.232 e. The fourth-order valence-corrected chi connectivity index (χ4v) is 2.64. The highest BCUT2D eigenvalue weighted by molar-refractivity contribution is 9.10. The van der Waals surface area contributed by atoms with Crippen molar-refractivity contribution in [3.05, 3.63) is 28.7 Å². The van der Waals surface area contributed by atoms with E-state index in [0.717, 1.165) is 35.3 Å². The third-order valence-corrected chi connectivity index (χ3v) is 4.22. The van der Waals surface area contributed by atoms with Crippen LogP contribution in [0.2, 0.25) is 0 Å². The van der Waals surface area contributed by atoms with Crippen LogP contribution in [0.5, 0.6) is 0 Å². The highest BCUT2D eigenvalue weighted by Gasteiger charge is 2.11. The largest absolute Gasteiger partial charge is 0.342 e. The fraction of sp³-hybridized carbons (Fsp3) is 0.500. The number of thioether (sulfide) groups is 1. The summed E-state index contributed by atoms with van der Waals surface area (Å²) in [6.07, 6.45) is 2.21. The summed E-state index contributed by atoms with van der Waals surface area (Å²) in [6.45, 7) is 5.87. The minimum atomic E-state index is 0.235. The van der Waals surface area contributed by atoms with E-state index in [1.807, 2.05) is 36.1 Å². The molecule has 0 bridgehead atoms. The number of hydrogen-bond donors (Lipinski definition) is 0. The maximum atomic E-state index is 12.0. The lowest BCUT2D eigenvalue weighted by Crippen LogP contribution is -2.33. The number of rotatable bonds is 7. The molecule has 18 heavy (non-hydrogen) atoms. The first-order valence-corrected chi connectivity index (χ1v) is 8.11. The van der Waals surface area contributed by atoms with Gasteiger partial charge in [0.2, 0.25) is 5.91 Å². The molecule has 0 radical (unpaired) electrons. The van der Waals surface area contributed by atoms with Gasteiger partial charge in [-0.25, -0.2) is 0 Å². The molecule has 1 rings (SSSR count). The van der Waals surface area contributed by atoms with Crippen molar-refractivity contribution in [3.63, 3.8) is 0 Å². The number of nitrogens with zero attached hydrogens (tertiary/aromatic N) is 1. The van der Waals surface area contributed by atoms with Gasteiger partial charge in [-0.15, -0.1) is 11.8 Å². The molecule has 0 N–H and O–H groups in total. The summed E-state index contributed by atoms with van der Waals surface area (Å²) in [4.78, 5) is 15.1. The maximum absolute atomic E-state index is 12.0. The van der Waals surface area contributed by atoms with Crippen molar-refractivity contribution >= 4 is 33.6 Å². The molecule has 0 aliphatic rings. The minimum absolute atomic E-state index is 0.235. The number of hydrogen-bond acceptors (Lipinski definition) is 2. The monoisotopic (exact) mass is 329 g/mol. The van der Waals surface area contributed by atoms with Gasteiger partial charge in [-0.1, -0.05) is 29.3 Å². The van der Waals surface area contributed by atoms with Crippen LogP contribution in [0.15, 0.2) is 33.6 Å². The van der Waals surface area contributed by atoms with E-state index in [4.69, 9.17) is 0 Å². The molecule has 0 aromatic heterocycles. The van der Waals surface area contributed by atoms with E-state index in [1.165, 1.54) is 0 Å². The molecule has 4 heteroatoms. The van der Waals surface area contributed by atoms with Crippen LogP contribution in [0.3, 0.4) is 0 Å². The Morgan fingerprint density at radius 1 is 1.28 bits per heavy atom. The van der Waals surface area contributed by atoms with Gasteiger partial charge in [0.25, 0.3) is 0 Å². The van der Waals surface area contributed by atoms with Crippen LogP contribution in [0.1, 0.15) is 26.7 Å². The number of halogens is 1. The van der Waals surface area contributed by atoms with Crippen molar-refractivity contribution in [2.24, 2.45) is 0 Å². The minimum Gasteiger partial charge on any atom is -0.342 e. The first-order valence-electron chi connectivity index (χ1n) is 6.33. The van der Waals surface area contributed by atoms with Gasteiger partial charge in [0.1, 0.15) is 0 Å². The average molecular weight is 330 g/mol. The first-order chi connectivity index (χ1) is 8.67. The van der Waals surface area contributed by atoms with E-state index in [1.54, 1.807) is 11.8 Å². The Hall–Kier alpha value is -0.480. The standard InChI is InChI=1S/C14H20BrNOS/c1-3-5-10-16(4-2)14(17)11-18-13-8-6-12(15)7-9-13/h6-9H,3-5,10-11H2,1-2H3. The zero-order chi connectivity index (χ0) is 13.4. The Kier molecular flexibility index (Phi) is 7.44. The van der Waals surface area contributed by atoms with E-state index in [-0.39, 0.29) is 5.91 Å². The summed E-state index contributed by atoms with van der Waals surface area (Å²) in [5.41, 5.74) is 0. The van der Waals surface area contributed by atoms with Crippen molar-refractivity contribution in [1.29, 1.82) is 0 Å². The summed E-state index contributed by atoms with van der Waals surface area (Å²) in [6, 6.07) is 8.07. The van der Waals surface area contributed by atoms with Gasteiger partial charge in [-0.3, -0.25) is 4.79 Å². The Morgan fingerprint density at radius 2 is 1.94 bits per heavy atom. The number of benzene rings is 1. The first kappa shape index (κ1) is 15.6. The van der Waals surface area contributed by atoms with E-state index in [0.29, 0.717) is 5.75 Å². The molecule has 0 atom stereocenters. The molecule has 0 saturated heterocycles. The van der Waals surface area contributed by atoms with Crippen LogP contribution < -0.4 is 0 Å². The Labute approximate surface area is 122 Å². The molecular weight excluding hydrogens is 310 g/mol. The van der Waals surface area contributed by atoms with Crippen molar-refractivity contribution in [2.45, 2.75) is 31.6 Å². The van der Waals surface area contributed by atoms with Crippen molar-refractivity contribution < 1.29 is 4.79 Å². The summed E-state index contributed by atoms with van der Waals surface area (Å²) >= 11 is 5.01. The molecule has 0 fully saturated rings. The summed E-state index contributed by atoms with van der Waals surface area (Å²) in [5, 5.41) is 0. The van der Waals surface area contributed by atoms with Gasteiger partial charge in [0, 0.05) is 22.5 Å². The van der Waals surface area contributed by atoms with Gasteiger partial charge < -0.3 is 4.90 Å². The maximum Gasteiger partial charge on any atom is 0.232 e.